The third-order valence-corrected chi connectivity index (χ3v) is 4.48. The van der Waals surface area contributed by atoms with Gasteiger partial charge in [0.2, 0.25) is 0 Å². The first-order chi connectivity index (χ1) is 8.81. The number of rotatable bonds is 3. The van der Waals surface area contributed by atoms with Crippen LogP contribution in [0.2, 0.25) is 0 Å². The van der Waals surface area contributed by atoms with Crippen molar-refractivity contribution in [3.63, 3.8) is 0 Å². The summed E-state index contributed by atoms with van der Waals surface area (Å²) >= 11 is 1.64. The molecule has 0 radical (unpaired) electrons. The molecule has 0 aliphatic carbocycles. The molecule has 0 spiro atoms. The van der Waals surface area contributed by atoms with Crippen LogP contribution in [0.25, 0.3) is 10.1 Å². The quantitative estimate of drug-likeness (QED) is 0.918. The first-order valence-corrected chi connectivity index (χ1v) is 7.17. The summed E-state index contributed by atoms with van der Waals surface area (Å²) in [5, 5.41) is 6.29. The molecule has 2 aromatic rings. The Morgan fingerprint density at radius 3 is 2.89 bits per heavy atom. The van der Waals surface area contributed by atoms with Gasteiger partial charge in [0.25, 0.3) is 5.91 Å². The summed E-state index contributed by atoms with van der Waals surface area (Å²) in [4.78, 5) is 14.6. The first kappa shape index (κ1) is 11.7. The Morgan fingerprint density at radius 2 is 2.22 bits per heavy atom. The Kier molecular flexibility index (Phi) is 3.06. The molecule has 4 heteroatoms. The molecule has 0 saturated carbocycles. The summed E-state index contributed by atoms with van der Waals surface area (Å²) in [5.41, 5.74) is 0.851. The molecular weight excluding hydrogens is 244 g/mol. The van der Waals surface area contributed by atoms with Crippen LogP contribution >= 0.6 is 11.3 Å². The highest BCUT2D eigenvalue weighted by Gasteiger charge is 2.28. The lowest BCUT2D eigenvalue weighted by molar-refractivity contribution is 0.0633. The fraction of sp³-hybridized carbons (Fsp3) is 0.357. The highest BCUT2D eigenvalue weighted by Crippen LogP contribution is 2.27. The van der Waals surface area contributed by atoms with E-state index in [0.717, 1.165) is 30.6 Å². The van der Waals surface area contributed by atoms with Crippen molar-refractivity contribution in [3.8, 4) is 0 Å². The monoisotopic (exact) mass is 260 g/mol. The fourth-order valence-corrected chi connectivity index (χ4v) is 3.29. The highest BCUT2D eigenvalue weighted by molar-refractivity contribution is 7.17. The number of carbonyl (C=O) groups excluding carboxylic acids is 1. The topological polar surface area (TPSA) is 32.3 Å². The van der Waals surface area contributed by atoms with Crippen molar-refractivity contribution in [1.82, 2.24) is 10.2 Å². The van der Waals surface area contributed by atoms with Crippen molar-refractivity contribution in [2.45, 2.75) is 13.0 Å². The Hall–Kier alpha value is -1.39. The van der Waals surface area contributed by atoms with E-state index < -0.39 is 0 Å². The predicted octanol–water partition coefficient (Wildman–Crippen LogP) is 2.34. The van der Waals surface area contributed by atoms with E-state index in [1.54, 1.807) is 11.3 Å². The summed E-state index contributed by atoms with van der Waals surface area (Å²) in [6.07, 6.45) is 0. The van der Waals surface area contributed by atoms with E-state index in [1.807, 2.05) is 35.4 Å². The molecule has 1 aliphatic heterocycles. The van der Waals surface area contributed by atoms with E-state index in [4.69, 9.17) is 0 Å². The Balaban J connectivity index is 1.95. The molecule has 2 heterocycles. The van der Waals surface area contributed by atoms with Gasteiger partial charge in [0.15, 0.2) is 0 Å². The second-order valence-electron chi connectivity index (χ2n) is 4.55. The van der Waals surface area contributed by atoms with Crippen LogP contribution in [0.3, 0.4) is 0 Å². The summed E-state index contributed by atoms with van der Waals surface area (Å²) in [5.74, 6) is 0.168. The van der Waals surface area contributed by atoms with Crippen molar-refractivity contribution in [2.75, 3.05) is 19.6 Å². The van der Waals surface area contributed by atoms with E-state index in [9.17, 15) is 4.79 Å². The number of nitrogens with one attached hydrogen (secondary N) is 1. The van der Waals surface area contributed by atoms with E-state index in [-0.39, 0.29) is 5.91 Å². The average molecular weight is 260 g/mol. The van der Waals surface area contributed by atoms with Gasteiger partial charge in [-0.2, -0.15) is 0 Å². The molecule has 1 aromatic carbocycles. The van der Waals surface area contributed by atoms with Gasteiger partial charge in [0.1, 0.15) is 0 Å². The summed E-state index contributed by atoms with van der Waals surface area (Å²) in [6.45, 7) is 4.66. The molecule has 0 unspecified atom stereocenters. The van der Waals surface area contributed by atoms with Crippen LogP contribution < -0.4 is 5.32 Å². The summed E-state index contributed by atoms with van der Waals surface area (Å²) in [6, 6.07) is 8.47. The van der Waals surface area contributed by atoms with Crippen LogP contribution in [0.5, 0.6) is 0 Å². The number of hydrogen-bond acceptors (Lipinski definition) is 3. The molecule has 1 amide bonds. The molecule has 18 heavy (non-hydrogen) atoms. The summed E-state index contributed by atoms with van der Waals surface area (Å²) in [7, 11) is 0. The van der Waals surface area contributed by atoms with Crippen LogP contribution in [0, 0.1) is 0 Å². The van der Waals surface area contributed by atoms with Crippen LogP contribution in [-0.2, 0) is 0 Å². The molecule has 0 atom stereocenters. The summed E-state index contributed by atoms with van der Waals surface area (Å²) < 4.78 is 1.18. The minimum absolute atomic E-state index is 0.168. The Labute approximate surface area is 110 Å². The molecule has 1 N–H and O–H groups in total. The minimum Gasteiger partial charge on any atom is -0.333 e. The Bertz CT molecular complexity index is 574. The highest BCUT2D eigenvalue weighted by atomic mass is 32.1. The maximum absolute atomic E-state index is 12.6. The molecule has 1 aliphatic rings. The van der Waals surface area contributed by atoms with Crippen LogP contribution in [-0.4, -0.2) is 36.5 Å². The minimum atomic E-state index is 0.168. The van der Waals surface area contributed by atoms with Gasteiger partial charge < -0.3 is 10.2 Å². The number of likely N-dealkylation sites (N-methyl/N-ethyl adjacent to an activating group) is 1. The van der Waals surface area contributed by atoms with E-state index in [0.29, 0.717) is 6.04 Å². The smallest absolute Gasteiger partial charge is 0.255 e. The largest absolute Gasteiger partial charge is 0.333 e. The second-order valence-corrected chi connectivity index (χ2v) is 5.46. The third-order valence-electron chi connectivity index (χ3n) is 3.51. The van der Waals surface area contributed by atoms with Crippen LogP contribution in [0.15, 0.2) is 29.6 Å². The number of benzene rings is 1. The first-order valence-electron chi connectivity index (χ1n) is 6.29. The number of hydrogen-bond donors (Lipinski definition) is 1. The normalized spacial score (nSPS) is 15.6. The van der Waals surface area contributed by atoms with Crippen molar-refractivity contribution in [3.05, 3.63) is 35.2 Å². The lowest BCUT2D eigenvalue weighted by Gasteiger charge is -2.37. The fourth-order valence-electron chi connectivity index (χ4n) is 2.36. The molecule has 1 aromatic heterocycles. The zero-order chi connectivity index (χ0) is 12.5. The van der Waals surface area contributed by atoms with Gasteiger partial charge in [-0.05, 0) is 13.0 Å². The standard InChI is InChI=1S/C14H16N2OS/c1-2-16(10-7-15-8-10)14(17)12-9-18-13-6-4-3-5-11(12)13/h3-6,9-10,15H,2,7-8H2,1H3. The molecule has 3 nitrogen and oxygen atoms in total. The van der Waals surface area contributed by atoms with Crippen molar-refractivity contribution >= 4 is 27.3 Å². The molecule has 1 saturated heterocycles. The lowest BCUT2D eigenvalue weighted by Crippen LogP contribution is -2.58. The van der Waals surface area contributed by atoms with E-state index in [2.05, 4.69) is 11.4 Å². The Morgan fingerprint density at radius 1 is 1.44 bits per heavy atom. The number of thiophene rings is 1. The number of fused-ring (bicyclic) bond motifs is 1. The molecule has 94 valence electrons. The van der Waals surface area contributed by atoms with Crippen molar-refractivity contribution in [1.29, 1.82) is 0 Å². The molecule has 0 bridgehead atoms. The van der Waals surface area contributed by atoms with Gasteiger partial charge in [0, 0.05) is 35.1 Å². The molecule has 1 fully saturated rings. The average Bonchev–Trinajstić information content (AvgIpc) is 2.76. The van der Waals surface area contributed by atoms with Gasteiger partial charge in [-0.3, -0.25) is 4.79 Å². The van der Waals surface area contributed by atoms with Crippen LogP contribution in [0.4, 0.5) is 0 Å². The van der Waals surface area contributed by atoms with Crippen molar-refractivity contribution in [2.24, 2.45) is 0 Å². The van der Waals surface area contributed by atoms with Crippen molar-refractivity contribution < 1.29 is 4.79 Å². The number of amides is 1. The van der Waals surface area contributed by atoms with Gasteiger partial charge >= 0.3 is 0 Å². The number of carbonyl (C=O) groups is 1. The predicted molar refractivity (Wildman–Crippen MR) is 75.2 cm³/mol. The van der Waals surface area contributed by atoms with Gasteiger partial charge in [-0.1, -0.05) is 18.2 Å². The van der Waals surface area contributed by atoms with Gasteiger partial charge in [-0.25, -0.2) is 0 Å². The lowest BCUT2D eigenvalue weighted by atomic mass is 10.1. The molecule has 3 rings (SSSR count). The van der Waals surface area contributed by atoms with Crippen LogP contribution in [0.1, 0.15) is 17.3 Å². The SMILES string of the molecule is CCN(C(=O)c1csc2ccccc12)C1CNC1. The maximum Gasteiger partial charge on any atom is 0.255 e. The second kappa shape index (κ2) is 4.71. The van der Waals surface area contributed by atoms with E-state index in [1.165, 1.54) is 4.70 Å². The molecular formula is C14H16N2OS. The van der Waals surface area contributed by atoms with Gasteiger partial charge in [0.05, 0.1) is 11.6 Å². The van der Waals surface area contributed by atoms with Gasteiger partial charge in [-0.15, -0.1) is 11.3 Å². The third kappa shape index (κ3) is 1.82. The maximum atomic E-state index is 12.6. The number of nitrogens with zero attached hydrogens (tertiary/aromatic N) is 1. The zero-order valence-corrected chi connectivity index (χ0v) is 11.2. The van der Waals surface area contributed by atoms with E-state index >= 15 is 0 Å². The zero-order valence-electron chi connectivity index (χ0n) is 10.3.